The normalized spacial score (nSPS) is 19.5. The molecule has 6 heterocycles. The first kappa shape index (κ1) is 41.7. The molecule has 7 nitrogen and oxygen atoms in total. The van der Waals surface area contributed by atoms with Crippen LogP contribution in [0.3, 0.4) is 0 Å². The Balaban J connectivity index is 1.34. The number of hydrogen-bond acceptors (Lipinski definition) is 7. The second-order valence-electron chi connectivity index (χ2n) is 18.3. The molecule has 67 heavy (non-hydrogen) atoms. The van der Waals surface area contributed by atoms with Crippen LogP contribution in [0.15, 0.2) is 164 Å². The standard InChI is InChI=1S/C57H45N4O3P3/c1-34-16-22-43(23-17-34)65(62)49-28-40(46-13-7-10-37(4)58-46)30-51-55(49)61-56-50(65)29-41(47-14-8-11-38(5)59-47)31-52(56)67(64,45-26-20-36(3)21-27-45)54-33-42(48-15-9-12-39(6)60-48)32-53(57(54)61)66(51,63)44-24-18-35(2)19-25-44/h7-33H,1-6H3. The van der Waals surface area contributed by atoms with Gasteiger partial charge in [-0.15, -0.1) is 0 Å². The third-order valence-electron chi connectivity index (χ3n) is 13.7. The third kappa shape index (κ3) is 6.05. The molecule has 10 heteroatoms. The van der Waals surface area contributed by atoms with E-state index in [-0.39, 0.29) is 0 Å². The molecule has 3 aliphatic rings. The zero-order chi connectivity index (χ0) is 46.1. The first-order valence-corrected chi connectivity index (χ1v) is 27.6. The lowest BCUT2D eigenvalue weighted by Gasteiger charge is -2.49. The third-order valence-corrected chi connectivity index (χ3v) is 22.9. The van der Waals surface area contributed by atoms with Gasteiger partial charge in [0, 0.05) is 81.5 Å². The number of pyridine rings is 3. The Hall–Kier alpha value is -6.74. The molecule has 0 amide bonds. The van der Waals surface area contributed by atoms with Gasteiger partial charge in [-0.25, -0.2) is 0 Å². The van der Waals surface area contributed by atoms with E-state index in [1.807, 2.05) is 205 Å². The molecule has 0 aliphatic carbocycles. The van der Waals surface area contributed by atoms with E-state index in [9.17, 15) is 0 Å². The van der Waals surface area contributed by atoms with Gasteiger partial charge in [0.05, 0.1) is 34.1 Å². The van der Waals surface area contributed by atoms with Crippen LogP contribution < -0.4 is 52.6 Å². The van der Waals surface area contributed by atoms with Gasteiger partial charge in [0.15, 0.2) is 21.4 Å². The predicted molar refractivity (Wildman–Crippen MR) is 278 cm³/mol. The topological polar surface area (TPSA) is 93.1 Å². The Labute approximate surface area is 390 Å². The summed E-state index contributed by atoms with van der Waals surface area (Å²) in [6.45, 7) is 11.9. The first-order chi connectivity index (χ1) is 32.3. The second-order valence-corrected chi connectivity index (χ2v) is 26.3. The van der Waals surface area contributed by atoms with Crippen molar-refractivity contribution in [1.29, 1.82) is 0 Å². The van der Waals surface area contributed by atoms with Crippen molar-refractivity contribution in [2.75, 3.05) is 4.90 Å². The molecule has 326 valence electrons. The number of aromatic nitrogens is 3. The number of hydrogen-bond donors (Lipinski definition) is 0. The summed E-state index contributed by atoms with van der Waals surface area (Å²) < 4.78 is 52.8. The first-order valence-electron chi connectivity index (χ1n) is 22.5. The highest BCUT2D eigenvalue weighted by Crippen LogP contribution is 2.66. The molecule has 0 atom stereocenters. The van der Waals surface area contributed by atoms with Gasteiger partial charge in [-0.1, -0.05) is 108 Å². The van der Waals surface area contributed by atoms with Crippen molar-refractivity contribution in [3.05, 3.63) is 198 Å². The van der Waals surface area contributed by atoms with Crippen molar-refractivity contribution in [2.24, 2.45) is 0 Å². The molecule has 0 fully saturated rings. The lowest BCUT2D eigenvalue weighted by Crippen LogP contribution is -2.53. The van der Waals surface area contributed by atoms with Crippen molar-refractivity contribution in [3.8, 4) is 33.8 Å². The van der Waals surface area contributed by atoms with E-state index in [1.54, 1.807) is 0 Å². The number of nitrogens with zero attached hydrogens (tertiary/aromatic N) is 4. The highest BCUT2D eigenvalue weighted by Gasteiger charge is 2.57. The van der Waals surface area contributed by atoms with Crippen LogP contribution in [0.5, 0.6) is 0 Å². The maximum atomic E-state index is 17.6. The highest BCUT2D eigenvalue weighted by molar-refractivity contribution is 7.90. The van der Waals surface area contributed by atoms with Gasteiger partial charge >= 0.3 is 0 Å². The molecule has 12 rings (SSSR count). The highest BCUT2D eigenvalue weighted by atomic mass is 31.2. The fourth-order valence-corrected chi connectivity index (χ4v) is 19.8. The minimum atomic E-state index is -3.96. The van der Waals surface area contributed by atoms with Crippen molar-refractivity contribution >= 4 is 86.2 Å². The van der Waals surface area contributed by atoms with E-state index >= 15 is 13.7 Å². The largest absolute Gasteiger partial charge is 0.308 e. The molecule has 3 aromatic heterocycles. The Bertz CT molecular complexity index is 3270. The van der Waals surface area contributed by atoms with E-state index in [0.29, 0.717) is 98.6 Å². The van der Waals surface area contributed by atoms with E-state index in [4.69, 9.17) is 15.0 Å². The minimum Gasteiger partial charge on any atom is -0.308 e. The number of benzene rings is 6. The quantitative estimate of drug-likeness (QED) is 0.153. The van der Waals surface area contributed by atoms with Gasteiger partial charge in [0.1, 0.15) is 0 Å². The van der Waals surface area contributed by atoms with Crippen LogP contribution in [0.25, 0.3) is 33.8 Å². The average Bonchev–Trinajstić information content (AvgIpc) is 3.33. The molecular formula is C57H45N4O3P3. The summed E-state index contributed by atoms with van der Waals surface area (Å²) in [7, 11) is -11.9. The smallest absolute Gasteiger partial charge is 0.175 e. The summed E-state index contributed by atoms with van der Waals surface area (Å²) in [5, 5.41) is 5.21. The van der Waals surface area contributed by atoms with E-state index in [2.05, 4.69) is 4.90 Å². The number of aryl methyl sites for hydroxylation is 6. The predicted octanol–water partition coefficient (Wildman–Crippen LogP) is 10.1. The monoisotopic (exact) mass is 926 g/mol. The van der Waals surface area contributed by atoms with Crippen LogP contribution in [0.1, 0.15) is 33.8 Å². The van der Waals surface area contributed by atoms with Crippen LogP contribution in [0, 0.1) is 41.5 Å². The molecule has 0 N–H and O–H groups in total. The van der Waals surface area contributed by atoms with Crippen LogP contribution in [0.2, 0.25) is 0 Å². The average molecular weight is 927 g/mol. The van der Waals surface area contributed by atoms with Crippen LogP contribution in [0.4, 0.5) is 17.1 Å². The zero-order valence-corrected chi connectivity index (χ0v) is 40.6. The Morgan fingerprint density at radius 2 is 0.567 bits per heavy atom. The molecule has 0 unspecified atom stereocenters. The lowest BCUT2D eigenvalue weighted by molar-refractivity contribution is 0.592. The molecule has 0 saturated carbocycles. The molecular weight excluding hydrogens is 882 g/mol. The van der Waals surface area contributed by atoms with Gasteiger partial charge < -0.3 is 18.6 Å². The van der Waals surface area contributed by atoms with E-state index in [1.165, 1.54) is 0 Å². The number of rotatable bonds is 6. The lowest BCUT2D eigenvalue weighted by atomic mass is 10.0. The maximum Gasteiger partial charge on any atom is 0.175 e. The summed E-state index contributed by atoms with van der Waals surface area (Å²) in [5.74, 6) is 0. The van der Waals surface area contributed by atoms with Crippen LogP contribution >= 0.6 is 21.4 Å². The van der Waals surface area contributed by atoms with E-state index < -0.39 is 21.4 Å². The van der Waals surface area contributed by atoms with Crippen molar-refractivity contribution in [3.63, 3.8) is 0 Å². The molecule has 0 bridgehead atoms. The molecule has 9 aromatic rings. The van der Waals surface area contributed by atoms with Crippen molar-refractivity contribution < 1.29 is 13.7 Å². The maximum absolute atomic E-state index is 17.6. The Kier molecular flexibility index (Phi) is 9.26. The van der Waals surface area contributed by atoms with Gasteiger partial charge in [-0.05, 0) is 114 Å². The number of anilines is 3. The Morgan fingerprint density at radius 1 is 0.328 bits per heavy atom. The SMILES string of the molecule is Cc1ccc(P2(=O)c3cc(-c4cccc(C)n4)cc4c3N3c5c2cc(-c2cccc(C)n2)cc5P(=O)(c2ccc(C)cc2)c2cc(-c5cccc(C)n5)cc(c23)P4(=O)c2ccc(C)cc2)cc1. The zero-order valence-electron chi connectivity index (χ0n) is 37.9. The minimum absolute atomic E-state index is 0.556. The second kappa shape index (κ2) is 14.9. The molecule has 0 saturated heterocycles. The van der Waals surface area contributed by atoms with Crippen LogP contribution in [-0.2, 0) is 13.7 Å². The van der Waals surface area contributed by atoms with Gasteiger partial charge in [-0.2, -0.15) is 0 Å². The van der Waals surface area contributed by atoms with Crippen LogP contribution in [-0.4, -0.2) is 15.0 Å². The summed E-state index contributed by atoms with van der Waals surface area (Å²) in [5.41, 5.74) is 11.5. The summed E-state index contributed by atoms with van der Waals surface area (Å²) in [6.07, 6.45) is 0. The van der Waals surface area contributed by atoms with Crippen molar-refractivity contribution in [1.82, 2.24) is 15.0 Å². The van der Waals surface area contributed by atoms with E-state index in [0.717, 1.165) is 33.8 Å². The van der Waals surface area contributed by atoms with Gasteiger partial charge in [-0.3, -0.25) is 15.0 Å². The fourth-order valence-electron chi connectivity index (χ4n) is 10.3. The molecule has 0 spiro atoms. The molecule has 3 aliphatic heterocycles. The Morgan fingerprint density at radius 3 is 0.791 bits per heavy atom. The summed E-state index contributed by atoms with van der Waals surface area (Å²) in [4.78, 5) is 17.2. The van der Waals surface area contributed by atoms with Gasteiger partial charge in [0.25, 0.3) is 0 Å². The van der Waals surface area contributed by atoms with Gasteiger partial charge in [0.2, 0.25) is 0 Å². The molecule has 0 radical (unpaired) electrons. The fraction of sp³-hybridized carbons (Fsp3) is 0.105. The van der Waals surface area contributed by atoms with Crippen molar-refractivity contribution in [2.45, 2.75) is 41.5 Å². The summed E-state index contributed by atoms with van der Waals surface area (Å²) in [6, 6.07) is 53.6. The summed E-state index contributed by atoms with van der Waals surface area (Å²) >= 11 is 0. The molecule has 6 aromatic carbocycles.